The summed E-state index contributed by atoms with van der Waals surface area (Å²) in [5.74, 6) is 1.40. The molecular weight excluding hydrogens is 390 g/mol. The summed E-state index contributed by atoms with van der Waals surface area (Å²) in [6, 6.07) is 4.46. The first-order chi connectivity index (χ1) is 15.7. The van der Waals surface area contributed by atoms with Crippen molar-refractivity contribution >= 4 is 11.6 Å². The first-order valence-corrected chi connectivity index (χ1v) is 12.8. The molecule has 3 aliphatic rings. The number of nitrogens with zero attached hydrogens (tertiary/aromatic N) is 3. The van der Waals surface area contributed by atoms with E-state index in [2.05, 4.69) is 48.7 Å². The normalized spacial score (nSPS) is 19.0. The highest BCUT2D eigenvalue weighted by atomic mass is 15.3. The lowest BCUT2D eigenvalue weighted by Crippen LogP contribution is -2.18. The topological polar surface area (TPSA) is 30.7 Å². The summed E-state index contributed by atoms with van der Waals surface area (Å²) in [5.41, 5.74) is 9.22. The van der Waals surface area contributed by atoms with Gasteiger partial charge in [-0.25, -0.2) is 0 Å². The molecule has 0 aromatic carbocycles. The van der Waals surface area contributed by atoms with Crippen LogP contribution in [-0.4, -0.2) is 14.8 Å². The summed E-state index contributed by atoms with van der Waals surface area (Å²) in [4.78, 5) is 4.75. The Morgan fingerprint density at radius 1 is 1.12 bits per heavy atom. The van der Waals surface area contributed by atoms with Gasteiger partial charge in [-0.1, -0.05) is 50.5 Å². The molecule has 2 heterocycles. The second kappa shape index (κ2) is 9.60. The average molecular weight is 428 g/mol. The van der Waals surface area contributed by atoms with Gasteiger partial charge in [-0.2, -0.15) is 5.10 Å². The Kier molecular flexibility index (Phi) is 6.43. The Morgan fingerprint density at radius 3 is 2.50 bits per heavy atom. The molecule has 0 aliphatic heterocycles. The second-order valence-corrected chi connectivity index (χ2v) is 10.0. The van der Waals surface area contributed by atoms with E-state index in [4.69, 9.17) is 10.1 Å². The van der Waals surface area contributed by atoms with Crippen LogP contribution in [0.25, 0.3) is 11.6 Å². The Balaban J connectivity index is 1.40. The van der Waals surface area contributed by atoms with Gasteiger partial charge in [0.15, 0.2) is 0 Å². The Bertz CT molecular complexity index is 1010. The minimum atomic E-state index is 0.684. The van der Waals surface area contributed by atoms with Crippen molar-refractivity contribution in [2.45, 2.75) is 90.0 Å². The third kappa shape index (κ3) is 4.40. The van der Waals surface area contributed by atoms with Crippen LogP contribution in [-0.2, 0) is 6.54 Å². The molecule has 32 heavy (non-hydrogen) atoms. The first-order valence-electron chi connectivity index (χ1n) is 12.8. The smallest absolute Gasteiger partial charge is 0.0926 e. The van der Waals surface area contributed by atoms with Crippen LogP contribution >= 0.6 is 0 Å². The molecule has 3 fully saturated rings. The highest BCUT2D eigenvalue weighted by molar-refractivity contribution is 5.83. The number of rotatable bonds is 9. The van der Waals surface area contributed by atoms with E-state index in [0.717, 1.165) is 31.0 Å². The van der Waals surface area contributed by atoms with Gasteiger partial charge in [-0.3, -0.25) is 9.67 Å². The van der Waals surface area contributed by atoms with Crippen LogP contribution in [0.1, 0.15) is 106 Å². The summed E-state index contributed by atoms with van der Waals surface area (Å²) in [7, 11) is 0. The predicted octanol–water partition coefficient (Wildman–Crippen LogP) is 7.70. The first kappa shape index (κ1) is 21.4. The molecule has 0 unspecified atom stereocenters. The van der Waals surface area contributed by atoms with Gasteiger partial charge in [0.1, 0.15) is 0 Å². The lowest BCUT2D eigenvalue weighted by atomic mass is 9.70. The van der Waals surface area contributed by atoms with Crippen LogP contribution in [0.3, 0.4) is 0 Å². The third-order valence-corrected chi connectivity index (χ3v) is 7.74. The molecule has 0 spiro atoms. The molecule has 0 atom stereocenters. The zero-order chi connectivity index (χ0) is 21.9. The van der Waals surface area contributed by atoms with Crippen molar-refractivity contribution in [1.29, 1.82) is 0 Å². The molecule has 3 saturated carbocycles. The summed E-state index contributed by atoms with van der Waals surface area (Å²) in [5, 5.41) is 4.99. The molecule has 2 aromatic rings. The van der Waals surface area contributed by atoms with E-state index < -0.39 is 0 Å². The maximum absolute atomic E-state index is 4.99. The van der Waals surface area contributed by atoms with Crippen LogP contribution in [0, 0.1) is 5.92 Å². The summed E-state index contributed by atoms with van der Waals surface area (Å²) in [6.45, 7) is 7.61. The number of hydrogen-bond donors (Lipinski definition) is 0. The minimum absolute atomic E-state index is 0.684. The van der Waals surface area contributed by atoms with Crippen molar-refractivity contribution in [3.63, 3.8) is 0 Å². The quantitative estimate of drug-likeness (QED) is 0.410. The van der Waals surface area contributed by atoms with Crippen molar-refractivity contribution in [3.05, 3.63) is 70.8 Å². The number of hydrogen-bond acceptors (Lipinski definition) is 2. The molecule has 0 N–H and O–H groups in total. The number of unbranched alkanes of at least 4 members (excludes halogenated alkanes) is 1. The zero-order valence-electron chi connectivity index (χ0n) is 19.7. The highest BCUT2D eigenvalue weighted by Gasteiger charge is 2.30. The van der Waals surface area contributed by atoms with E-state index in [1.807, 2.05) is 6.20 Å². The molecular formula is C29H37N3. The largest absolute Gasteiger partial charge is 0.267 e. The predicted molar refractivity (Wildman–Crippen MR) is 133 cm³/mol. The molecule has 0 saturated heterocycles. The molecule has 2 aromatic heterocycles. The standard InChI is InChI=1S/C29H37N3/c1-3-4-5-15-28-26(21(2)29(24-11-7-12-24)25-13-8-14-25)20-32(31-28)19-22-16-17-27(30-18-22)23-9-6-10-23/h5,15-18,20,23-24H,2-4,6-14,19H2,1H3/b15-5-. The van der Waals surface area contributed by atoms with Crippen LogP contribution in [0.5, 0.6) is 0 Å². The van der Waals surface area contributed by atoms with E-state index in [1.54, 1.807) is 11.1 Å². The fraction of sp³-hybridized carbons (Fsp3) is 0.517. The lowest BCUT2D eigenvalue weighted by molar-refractivity contribution is 0.369. The SMILES string of the molecule is C=C(C(=C1CCC1)C1CCC1)c1cn(Cc2ccc(C3CCC3)nc2)nc1/C=C\CCC. The second-order valence-electron chi connectivity index (χ2n) is 10.0. The summed E-state index contributed by atoms with van der Waals surface area (Å²) < 4.78 is 2.09. The van der Waals surface area contributed by atoms with Crippen LogP contribution in [0.2, 0.25) is 0 Å². The van der Waals surface area contributed by atoms with Crippen molar-refractivity contribution in [2.24, 2.45) is 5.92 Å². The van der Waals surface area contributed by atoms with Gasteiger partial charge < -0.3 is 0 Å². The van der Waals surface area contributed by atoms with Gasteiger partial charge in [-0.05, 0) is 86.1 Å². The van der Waals surface area contributed by atoms with Crippen molar-refractivity contribution in [3.8, 4) is 0 Å². The van der Waals surface area contributed by atoms with Gasteiger partial charge in [0.2, 0.25) is 0 Å². The molecule has 0 radical (unpaired) electrons. The summed E-state index contributed by atoms with van der Waals surface area (Å²) >= 11 is 0. The molecule has 0 amide bonds. The molecule has 3 heteroatoms. The Hall–Kier alpha value is -2.42. The van der Waals surface area contributed by atoms with Gasteiger partial charge in [0, 0.05) is 29.6 Å². The average Bonchev–Trinajstić information content (AvgIpc) is 3.07. The van der Waals surface area contributed by atoms with Crippen molar-refractivity contribution in [2.75, 3.05) is 0 Å². The van der Waals surface area contributed by atoms with Gasteiger partial charge >= 0.3 is 0 Å². The molecule has 168 valence electrons. The van der Waals surface area contributed by atoms with Crippen LogP contribution < -0.4 is 0 Å². The van der Waals surface area contributed by atoms with E-state index in [1.165, 1.54) is 80.2 Å². The third-order valence-electron chi connectivity index (χ3n) is 7.74. The number of pyridine rings is 1. The maximum atomic E-state index is 4.99. The van der Waals surface area contributed by atoms with Gasteiger partial charge in [-0.15, -0.1) is 0 Å². The Morgan fingerprint density at radius 2 is 1.94 bits per heavy atom. The monoisotopic (exact) mass is 427 g/mol. The van der Waals surface area contributed by atoms with Crippen molar-refractivity contribution < 1.29 is 0 Å². The molecule has 3 nitrogen and oxygen atoms in total. The zero-order valence-corrected chi connectivity index (χ0v) is 19.7. The van der Waals surface area contributed by atoms with E-state index >= 15 is 0 Å². The number of allylic oxidation sites excluding steroid dienone is 4. The Labute approximate surface area is 193 Å². The van der Waals surface area contributed by atoms with Crippen LogP contribution in [0.15, 0.2) is 48.3 Å². The minimum Gasteiger partial charge on any atom is -0.267 e. The molecule has 5 rings (SSSR count). The fourth-order valence-corrected chi connectivity index (χ4v) is 5.11. The fourth-order valence-electron chi connectivity index (χ4n) is 5.11. The van der Waals surface area contributed by atoms with Gasteiger partial charge in [0.25, 0.3) is 0 Å². The molecule has 0 bridgehead atoms. The lowest BCUT2D eigenvalue weighted by Gasteiger charge is -2.34. The number of aromatic nitrogens is 3. The van der Waals surface area contributed by atoms with Gasteiger partial charge in [0.05, 0.1) is 12.2 Å². The van der Waals surface area contributed by atoms with Crippen LogP contribution in [0.4, 0.5) is 0 Å². The van der Waals surface area contributed by atoms with E-state index in [0.29, 0.717) is 5.92 Å². The highest BCUT2D eigenvalue weighted by Crippen LogP contribution is 2.46. The van der Waals surface area contributed by atoms with E-state index in [9.17, 15) is 0 Å². The van der Waals surface area contributed by atoms with E-state index in [-0.39, 0.29) is 0 Å². The molecule has 3 aliphatic carbocycles. The maximum Gasteiger partial charge on any atom is 0.0926 e. The summed E-state index contributed by atoms with van der Waals surface area (Å²) in [6.07, 6.45) is 22.8. The van der Waals surface area contributed by atoms with Crippen molar-refractivity contribution in [1.82, 2.24) is 14.8 Å².